The number of hydrogen-bond acceptors (Lipinski definition) is 5. The van der Waals surface area contributed by atoms with Crippen LogP contribution in [0.2, 0.25) is 5.02 Å². The number of rotatable bonds is 5. The minimum absolute atomic E-state index is 0.159. The van der Waals surface area contributed by atoms with Crippen molar-refractivity contribution >= 4 is 11.6 Å². The zero-order valence-corrected chi connectivity index (χ0v) is 13.3. The summed E-state index contributed by atoms with van der Waals surface area (Å²) in [6.07, 6.45) is 4.64. The van der Waals surface area contributed by atoms with E-state index in [2.05, 4.69) is 15.1 Å². The van der Waals surface area contributed by atoms with Crippen molar-refractivity contribution in [2.24, 2.45) is 0 Å². The second-order valence-corrected chi connectivity index (χ2v) is 5.61. The molecule has 23 heavy (non-hydrogen) atoms. The lowest BCUT2D eigenvalue weighted by molar-refractivity contribution is 0.364. The van der Waals surface area contributed by atoms with Gasteiger partial charge in [-0.15, -0.1) is 0 Å². The first-order valence-electron chi connectivity index (χ1n) is 7.20. The second-order valence-electron chi connectivity index (χ2n) is 5.18. The van der Waals surface area contributed by atoms with Crippen LogP contribution in [0.5, 0.6) is 0 Å². The van der Waals surface area contributed by atoms with Gasteiger partial charge in [0.15, 0.2) is 5.82 Å². The molecule has 0 unspecified atom stereocenters. The van der Waals surface area contributed by atoms with Crippen LogP contribution < -0.4 is 5.56 Å². The Labute approximate surface area is 137 Å². The van der Waals surface area contributed by atoms with Crippen molar-refractivity contribution in [3.8, 4) is 0 Å². The fourth-order valence-corrected chi connectivity index (χ4v) is 2.32. The van der Waals surface area contributed by atoms with Gasteiger partial charge in [0.05, 0.1) is 0 Å². The van der Waals surface area contributed by atoms with Gasteiger partial charge in [-0.1, -0.05) is 28.9 Å². The van der Waals surface area contributed by atoms with Gasteiger partial charge in [0, 0.05) is 23.8 Å². The molecule has 0 saturated carbocycles. The van der Waals surface area contributed by atoms with Crippen molar-refractivity contribution in [1.29, 1.82) is 0 Å². The van der Waals surface area contributed by atoms with Gasteiger partial charge in [-0.2, -0.15) is 4.98 Å². The molecule has 118 valence electrons. The third kappa shape index (κ3) is 3.84. The van der Waals surface area contributed by atoms with Gasteiger partial charge < -0.3 is 9.09 Å². The Hall–Kier alpha value is -2.47. The van der Waals surface area contributed by atoms with Crippen LogP contribution in [-0.2, 0) is 19.4 Å². The van der Waals surface area contributed by atoms with Gasteiger partial charge in [0.2, 0.25) is 5.89 Å². The third-order valence-corrected chi connectivity index (χ3v) is 3.70. The quantitative estimate of drug-likeness (QED) is 0.718. The first-order chi connectivity index (χ1) is 11.1. The number of hydrogen-bond donors (Lipinski definition) is 0. The monoisotopic (exact) mass is 330 g/mol. The van der Waals surface area contributed by atoms with Crippen molar-refractivity contribution in [3.63, 3.8) is 0 Å². The maximum absolute atomic E-state index is 11.9. The largest absolute Gasteiger partial charge is 0.337 e. The minimum Gasteiger partial charge on any atom is -0.337 e. The molecule has 3 rings (SSSR count). The molecule has 0 aliphatic carbocycles. The highest BCUT2D eigenvalue weighted by atomic mass is 35.5. The number of aromatic nitrogens is 4. The summed E-state index contributed by atoms with van der Waals surface area (Å²) in [6.45, 7) is 1.92. The van der Waals surface area contributed by atoms with Crippen molar-refractivity contribution in [1.82, 2.24) is 19.7 Å². The van der Waals surface area contributed by atoms with E-state index >= 15 is 0 Å². The maximum atomic E-state index is 11.9. The molecule has 0 atom stereocenters. The van der Waals surface area contributed by atoms with Crippen LogP contribution in [0.25, 0.3) is 0 Å². The average molecular weight is 331 g/mol. The summed E-state index contributed by atoms with van der Waals surface area (Å²) in [7, 11) is 0. The summed E-state index contributed by atoms with van der Waals surface area (Å²) in [5, 5.41) is 4.67. The molecule has 0 fully saturated rings. The first kappa shape index (κ1) is 15.4. The van der Waals surface area contributed by atoms with E-state index in [9.17, 15) is 4.79 Å². The van der Waals surface area contributed by atoms with Gasteiger partial charge in [0.25, 0.3) is 5.56 Å². The molecule has 1 aromatic carbocycles. The SMILES string of the molecule is Cc1nccn(Cc2nc(CCc3ccc(Cl)cc3)no2)c1=O. The molecule has 0 saturated heterocycles. The van der Waals surface area contributed by atoms with Gasteiger partial charge in [0.1, 0.15) is 12.2 Å². The Morgan fingerprint density at radius 3 is 2.78 bits per heavy atom. The van der Waals surface area contributed by atoms with Gasteiger partial charge in [-0.05, 0) is 31.0 Å². The molecule has 3 aromatic rings. The first-order valence-corrected chi connectivity index (χ1v) is 7.57. The summed E-state index contributed by atoms with van der Waals surface area (Å²) >= 11 is 5.86. The lowest BCUT2D eigenvalue weighted by Crippen LogP contribution is -2.23. The average Bonchev–Trinajstić information content (AvgIpc) is 2.99. The molecule has 2 aromatic heterocycles. The van der Waals surface area contributed by atoms with Crippen LogP contribution in [0.1, 0.15) is 23.0 Å². The van der Waals surface area contributed by atoms with E-state index in [4.69, 9.17) is 16.1 Å². The molecule has 0 aliphatic rings. The Bertz CT molecular complexity index is 855. The van der Waals surface area contributed by atoms with E-state index < -0.39 is 0 Å². The minimum atomic E-state index is -0.159. The van der Waals surface area contributed by atoms with Crippen LogP contribution in [-0.4, -0.2) is 19.7 Å². The van der Waals surface area contributed by atoms with Gasteiger partial charge in [-0.3, -0.25) is 9.78 Å². The van der Waals surface area contributed by atoms with E-state index in [0.29, 0.717) is 28.9 Å². The number of halogens is 1. The van der Waals surface area contributed by atoms with Gasteiger partial charge >= 0.3 is 0 Å². The molecule has 0 bridgehead atoms. The smallest absolute Gasteiger partial charge is 0.272 e. The van der Waals surface area contributed by atoms with E-state index in [1.165, 1.54) is 4.57 Å². The van der Waals surface area contributed by atoms with Crippen molar-refractivity contribution in [2.45, 2.75) is 26.3 Å². The van der Waals surface area contributed by atoms with E-state index in [1.54, 1.807) is 19.3 Å². The number of aryl methyl sites for hydroxylation is 3. The molecule has 0 aliphatic heterocycles. The van der Waals surface area contributed by atoms with Crippen molar-refractivity contribution in [2.75, 3.05) is 0 Å². The molecule has 6 nitrogen and oxygen atoms in total. The summed E-state index contributed by atoms with van der Waals surface area (Å²) in [5.41, 5.74) is 1.44. The normalized spacial score (nSPS) is 10.9. The predicted octanol–water partition coefficient (Wildman–Crippen LogP) is 2.42. The fraction of sp³-hybridized carbons (Fsp3) is 0.250. The Morgan fingerprint density at radius 2 is 2.00 bits per heavy atom. The lowest BCUT2D eigenvalue weighted by atomic mass is 10.1. The third-order valence-electron chi connectivity index (χ3n) is 3.45. The Kier molecular flexibility index (Phi) is 4.52. The summed E-state index contributed by atoms with van der Waals surface area (Å²) < 4.78 is 6.71. The molecular weight excluding hydrogens is 316 g/mol. The predicted molar refractivity (Wildman–Crippen MR) is 85.5 cm³/mol. The molecule has 0 N–H and O–H groups in total. The summed E-state index contributed by atoms with van der Waals surface area (Å²) in [5.74, 6) is 1.03. The zero-order valence-electron chi connectivity index (χ0n) is 12.6. The van der Waals surface area contributed by atoms with Crippen LogP contribution in [0.15, 0.2) is 46.0 Å². The zero-order chi connectivity index (χ0) is 16.2. The highest BCUT2D eigenvalue weighted by Crippen LogP contribution is 2.11. The molecule has 0 radical (unpaired) electrons. The highest BCUT2D eigenvalue weighted by molar-refractivity contribution is 6.30. The lowest BCUT2D eigenvalue weighted by Gasteiger charge is -2.01. The number of benzene rings is 1. The molecular formula is C16H15ClN4O2. The van der Waals surface area contributed by atoms with Crippen LogP contribution in [0.4, 0.5) is 0 Å². The number of nitrogens with zero attached hydrogens (tertiary/aromatic N) is 4. The van der Waals surface area contributed by atoms with E-state index in [0.717, 1.165) is 12.0 Å². The molecule has 0 amide bonds. The molecule has 7 heteroatoms. The fourth-order valence-electron chi connectivity index (χ4n) is 2.19. The van der Waals surface area contributed by atoms with E-state index in [1.807, 2.05) is 24.3 Å². The standard InChI is InChI=1S/C16H15ClN4O2/c1-11-16(22)21(9-8-18-11)10-15-19-14(20-23-15)7-4-12-2-5-13(17)6-3-12/h2-3,5-6,8-9H,4,7,10H2,1H3. The second kappa shape index (κ2) is 6.75. The van der Waals surface area contributed by atoms with Crippen LogP contribution >= 0.6 is 11.6 Å². The molecule has 2 heterocycles. The van der Waals surface area contributed by atoms with Gasteiger partial charge in [-0.25, -0.2) is 0 Å². The van der Waals surface area contributed by atoms with E-state index in [-0.39, 0.29) is 12.1 Å². The maximum Gasteiger partial charge on any atom is 0.272 e. The Balaban J connectivity index is 1.65. The summed E-state index contributed by atoms with van der Waals surface area (Å²) in [4.78, 5) is 20.2. The van der Waals surface area contributed by atoms with Crippen molar-refractivity contribution in [3.05, 3.63) is 75.0 Å². The topological polar surface area (TPSA) is 73.8 Å². The van der Waals surface area contributed by atoms with Crippen LogP contribution in [0.3, 0.4) is 0 Å². The van der Waals surface area contributed by atoms with Crippen LogP contribution in [0, 0.1) is 6.92 Å². The molecule has 0 spiro atoms. The van der Waals surface area contributed by atoms with Crippen molar-refractivity contribution < 1.29 is 4.52 Å². The Morgan fingerprint density at radius 1 is 1.22 bits per heavy atom. The highest BCUT2D eigenvalue weighted by Gasteiger charge is 2.09. The summed E-state index contributed by atoms with van der Waals surface area (Å²) in [6, 6.07) is 7.67.